The summed E-state index contributed by atoms with van der Waals surface area (Å²) in [6.07, 6.45) is 0. The molecule has 134 valence electrons. The molecule has 0 atom stereocenters. The van der Waals surface area contributed by atoms with Crippen molar-refractivity contribution in [2.24, 2.45) is 0 Å². The molecule has 2 N–H and O–H groups in total. The van der Waals surface area contributed by atoms with Gasteiger partial charge in [0.2, 0.25) is 0 Å². The molecule has 0 saturated heterocycles. The highest BCUT2D eigenvalue weighted by Crippen LogP contribution is 2.18. The lowest BCUT2D eigenvalue weighted by Gasteiger charge is -2.06. The molecule has 0 spiro atoms. The van der Waals surface area contributed by atoms with Gasteiger partial charge in [-0.15, -0.1) is 11.3 Å². The standard InChI is InChI=1S/C19H19N3O3S/c1-12-13(2)22-18(21-12)14-5-7-15(8-6-14)19(24)25-11-17(23)20-10-16-4-3-9-26-16/h3-9H,10-11H2,1-2H3,(H,20,23)(H,21,22). The third-order valence-electron chi connectivity index (χ3n) is 3.90. The van der Waals surface area contributed by atoms with Gasteiger partial charge in [-0.1, -0.05) is 18.2 Å². The summed E-state index contributed by atoms with van der Waals surface area (Å²) in [7, 11) is 0. The number of nitrogens with one attached hydrogen (secondary N) is 2. The summed E-state index contributed by atoms with van der Waals surface area (Å²) in [4.78, 5) is 32.5. The molecule has 0 saturated carbocycles. The number of benzene rings is 1. The Morgan fingerprint density at radius 1 is 1.19 bits per heavy atom. The fourth-order valence-electron chi connectivity index (χ4n) is 2.31. The maximum absolute atomic E-state index is 12.1. The van der Waals surface area contributed by atoms with Crippen molar-refractivity contribution in [2.75, 3.05) is 6.61 Å². The molecule has 26 heavy (non-hydrogen) atoms. The molecule has 7 heteroatoms. The van der Waals surface area contributed by atoms with Crippen molar-refractivity contribution in [3.05, 3.63) is 63.6 Å². The van der Waals surface area contributed by atoms with E-state index in [2.05, 4.69) is 15.3 Å². The number of carbonyl (C=O) groups is 2. The van der Waals surface area contributed by atoms with Crippen LogP contribution >= 0.6 is 11.3 Å². The largest absolute Gasteiger partial charge is 0.452 e. The number of aromatic amines is 1. The molecule has 3 rings (SSSR count). The first-order chi connectivity index (χ1) is 12.5. The topological polar surface area (TPSA) is 84.1 Å². The number of amides is 1. The van der Waals surface area contributed by atoms with Crippen molar-refractivity contribution < 1.29 is 14.3 Å². The smallest absolute Gasteiger partial charge is 0.338 e. The number of ether oxygens (including phenoxy) is 1. The minimum Gasteiger partial charge on any atom is -0.452 e. The lowest BCUT2D eigenvalue weighted by Crippen LogP contribution is -2.28. The quantitative estimate of drug-likeness (QED) is 0.654. The lowest BCUT2D eigenvalue weighted by molar-refractivity contribution is -0.124. The molecule has 0 fully saturated rings. The first-order valence-electron chi connectivity index (χ1n) is 8.13. The van der Waals surface area contributed by atoms with Crippen LogP contribution in [0.3, 0.4) is 0 Å². The summed E-state index contributed by atoms with van der Waals surface area (Å²) in [5, 5.41) is 4.65. The number of aryl methyl sites for hydroxylation is 2. The van der Waals surface area contributed by atoms with E-state index in [0.717, 1.165) is 27.7 Å². The number of nitrogens with zero attached hydrogens (tertiary/aromatic N) is 1. The molecule has 0 aliphatic carbocycles. The average molecular weight is 369 g/mol. The van der Waals surface area contributed by atoms with Crippen molar-refractivity contribution in [3.8, 4) is 11.4 Å². The highest BCUT2D eigenvalue weighted by molar-refractivity contribution is 7.09. The number of carbonyl (C=O) groups excluding carboxylic acids is 2. The van der Waals surface area contributed by atoms with Crippen LogP contribution in [0.15, 0.2) is 41.8 Å². The zero-order valence-corrected chi connectivity index (χ0v) is 15.4. The highest BCUT2D eigenvalue weighted by Gasteiger charge is 2.11. The van der Waals surface area contributed by atoms with Crippen molar-refractivity contribution in [3.63, 3.8) is 0 Å². The van der Waals surface area contributed by atoms with Crippen LogP contribution in [-0.2, 0) is 16.1 Å². The first kappa shape index (κ1) is 17.9. The summed E-state index contributed by atoms with van der Waals surface area (Å²) in [5.41, 5.74) is 3.22. The zero-order chi connectivity index (χ0) is 18.5. The Balaban J connectivity index is 1.52. The van der Waals surface area contributed by atoms with E-state index in [4.69, 9.17) is 4.74 Å². The maximum atomic E-state index is 12.1. The van der Waals surface area contributed by atoms with Crippen LogP contribution in [0.2, 0.25) is 0 Å². The second kappa shape index (κ2) is 7.97. The van der Waals surface area contributed by atoms with E-state index in [-0.39, 0.29) is 12.5 Å². The van der Waals surface area contributed by atoms with Gasteiger partial charge in [0.1, 0.15) is 5.82 Å². The molecular weight excluding hydrogens is 350 g/mol. The Bertz CT molecular complexity index is 879. The first-order valence-corrected chi connectivity index (χ1v) is 9.01. The SMILES string of the molecule is Cc1nc(-c2ccc(C(=O)OCC(=O)NCc3cccs3)cc2)[nH]c1C. The molecule has 3 aromatic rings. The van der Waals surface area contributed by atoms with E-state index in [1.54, 1.807) is 35.6 Å². The molecule has 1 amide bonds. The van der Waals surface area contributed by atoms with Crippen molar-refractivity contribution in [1.82, 2.24) is 15.3 Å². The Morgan fingerprint density at radius 3 is 2.58 bits per heavy atom. The van der Waals surface area contributed by atoms with Crippen LogP contribution in [0, 0.1) is 13.8 Å². The maximum Gasteiger partial charge on any atom is 0.338 e. The van der Waals surface area contributed by atoms with Crippen molar-refractivity contribution in [1.29, 1.82) is 0 Å². The molecular formula is C19H19N3O3S. The molecule has 2 heterocycles. The fraction of sp³-hybridized carbons (Fsp3) is 0.211. The number of aromatic nitrogens is 2. The Morgan fingerprint density at radius 2 is 1.96 bits per heavy atom. The molecule has 0 aliphatic heterocycles. The molecule has 0 radical (unpaired) electrons. The van der Waals surface area contributed by atoms with Gasteiger partial charge in [-0.25, -0.2) is 9.78 Å². The minimum atomic E-state index is -0.533. The van der Waals surface area contributed by atoms with Gasteiger partial charge in [-0.3, -0.25) is 4.79 Å². The third-order valence-corrected chi connectivity index (χ3v) is 4.77. The van der Waals surface area contributed by atoms with Crippen LogP contribution in [0.4, 0.5) is 0 Å². The monoisotopic (exact) mass is 369 g/mol. The number of hydrogen-bond donors (Lipinski definition) is 2. The predicted molar refractivity (Wildman–Crippen MR) is 99.9 cm³/mol. The van der Waals surface area contributed by atoms with Gasteiger partial charge in [0.15, 0.2) is 6.61 Å². The van der Waals surface area contributed by atoms with Gasteiger partial charge in [0, 0.05) is 16.1 Å². The molecule has 0 bridgehead atoms. The number of esters is 1. The Hall–Kier alpha value is -2.93. The van der Waals surface area contributed by atoms with Gasteiger partial charge >= 0.3 is 5.97 Å². The summed E-state index contributed by atoms with van der Waals surface area (Å²) in [6, 6.07) is 10.8. The van der Waals surface area contributed by atoms with E-state index in [9.17, 15) is 9.59 Å². The van der Waals surface area contributed by atoms with Gasteiger partial charge in [-0.2, -0.15) is 0 Å². The normalized spacial score (nSPS) is 10.5. The van der Waals surface area contributed by atoms with E-state index in [1.807, 2.05) is 31.4 Å². The number of hydrogen-bond acceptors (Lipinski definition) is 5. The van der Waals surface area contributed by atoms with Crippen LogP contribution in [0.5, 0.6) is 0 Å². The molecule has 6 nitrogen and oxygen atoms in total. The second-order valence-corrected chi connectivity index (χ2v) is 6.84. The van der Waals surface area contributed by atoms with Crippen LogP contribution in [-0.4, -0.2) is 28.5 Å². The third kappa shape index (κ3) is 4.37. The fourth-order valence-corrected chi connectivity index (χ4v) is 2.96. The van der Waals surface area contributed by atoms with E-state index >= 15 is 0 Å². The van der Waals surface area contributed by atoms with E-state index < -0.39 is 5.97 Å². The number of thiophene rings is 1. The summed E-state index contributed by atoms with van der Waals surface area (Å²) in [6.45, 7) is 4.03. The van der Waals surface area contributed by atoms with Gasteiger partial charge in [0.25, 0.3) is 5.91 Å². The van der Waals surface area contributed by atoms with Crippen molar-refractivity contribution in [2.45, 2.75) is 20.4 Å². The predicted octanol–water partition coefficient (Wildman–Crippen LogP) is 3.23. The Labute approximate surface area is 155 Å². The van der Waals surface area contributed by atoms with Crippen LogP contribution < -0.4 is 5.32 Å². The molecule has 2 aromatic heterocycles. The summed E-state index contributed by atoms with van der Waals surface area (Å²) >= 11 is 1.56. The molecule has 1 aromatic carbocycles. The molecule has 0 unspecified atom stereocenters. The average Bonchev–Trinajstić information content (AvgIpc) is 3.28. The zero-order valence-electron chi connectivity index (χ0n) is 14.5. The minimum absolute atomic E-state index is 0.303. The number of rotatable bonds is 6. The van der Waals surface area contributed by atoms with E-state index in [0.29, 0.717) is 12.1 Å². The Kier molecular flexibility index (Phi) is 5.48. The number of H-pyrrole nitrogens is 1. The second-order valence-electron chi connectivity index (χ2n) is 5.81. The lowest BCUT2D eigenvalue weighted by atomic mass is 10.1. The van der Waals surface area contributed by atoms with Crippen LogP contribution in [0.1, 0.15) is 26.6 Å². The van der Waals surface area contributed by atoms with Gasteiger partial charge in [-0.05, 0) is 37.4 Å². The van der Waals surface area contributed by atoms with Crippen molar-refractivity contribution >= 4 is 23.2 Å². The summed E-state index contributed by atoms with van der Waals surface area (Å²) in [5.74, 6) is -0.104. The van der Waals surface area contributed by atoms with E-state index in [1.165, 1.54) is 0 Å². The highest BCUT2D eigenvalue weighted by atomic mass is 32.1. The van der Waals surface area contributed by atoms with Crippen LogP contribution in [0.25, 0.3) is 11.4 Å². The summed E-state index contributed by atoms with van der Waals surface area (Å²) < 4.78 is 5.06. The molecule has 0 aliphatic rings. The van der Waals surface area contributed by atoms with Gasteiger partial charge in [0.05, 0.1) is 17.8 Å². The van der Waals surface area contributed by atoms with Gasteiger partial charge < -0.3 is 15.0 Å². The number of imidazole rings is 1.